The number of ether oxygens (including phenoxy) is 1. The van der Waals surface area contributed by atoms with Crippen molar-refractivity contribution in [3.05, 3.63) is 23.5 Å². The zero-order chi connectivity index (χ0) is 17.8. The number of hydrogen-bond acceptors (Lipinski definition) is 7. The van der Waals surface area contributed by atoms with E-state index in [4.69, 9.17) is 13.8 Å². The van der Waals surface area contributed by atoms with Crippen molar-refractivity contribution in [2.45, 2.75) is 45.6 Å². The van der Waals surface area contributed by atoms with E-state index in [0.717, 1.165) is 18.4 Å². The third-order valence-electron chi connectivity index (χ3n) is 4.24. The van der Waals surface area contributed by atoms with Gasteiger partial charge in [0.2, 0.25) is 5.89 Å². The van der Waals surface area contributed by atoms with Crippen LogP contribution in [0.2, 0.25) is 0 Å². The number of rotatable bonds is 5. The maximum Gasteiger partial charge on any atom is 0.321 e. The van der Waals surface area contributed by atoms with Crippen molar-refractivity contribution in [2.75, 3.05) is 18.5 Å². The van der Waals surface area contributed by atoms with E-state index in [1.165, 1.54) is 6.26 Å². The van der Waals surface area contributed by atoms with Crippen molar-refractivity contribution in [3.8, 4) is 0 Å². The Kier molecular flexibility index (Phi) is 5.32. The van der Waals surface area contributed by atoms with E-state index >= 15 is 0 Å². The SMILES string of the molecule is Cc1conc1NC(=O)NC(c1nc(C(C)C)no1)C1CCOCC1. The summed E-state index contributed by atoms with van der Waals surface area (Å²) in [6.07, 6.45) is 3.10. The quantitative estimate of drug-likeness (QED) is 0.852. The number of nitrogens with one attached hydrogen (secondary N) is 2. The van der Waals surface area contributed by atoms with E-state index in [1.807, 2.05) is 13.8 Å². The first-order chi connectivity index (χ1) is 12.0. The minimum Gasteiger partial charge on any atom is -0.381 e. The summed E-state index contributed by atoms with van der Waals surface area (Å²) in [6.45, 7) is 7.09. The van der Waals surface area contributed by atoms with Crippen LogP contribution in [-0.4, -0.2) is 34.5 Å². The van der Waals surface area contributed by atoms with Crippen LogP contribution in [0.4, 0.5) is 10.6 Å². The highest BCUT2D eigenvalue weighted by Crippen LogP contribution is 2.30. The van der Waals surface area contributed by atoms with E-state index in [2.05, 4.69) is 25.9 Å². The van der Waals surface area contributed by atoms with E-state index in [0.29, 0.717) is 30.7 Å². The summed E-state index contributed by atoms with van der Waals surface area (Å²) in [5.74, 6) is 1.75. The van der Waals surface area contributed by atoms with Crippen molar-refractivity contribution in [3.63, 3.8) is 0 Å². The second-order valence-corrected chi connectivity index (χ2v) is 6.52. The topological polar surface area (TPSA) is 115 Å². The summed E-state index contributed by atoms with van der Waals surface area (Å²) in [4.78, 5) is 16.9. The molecule has 9 heteroatoms. The molecular weight excluding hydrogens is 326 g/mol. The molecule has 3 heterocycles. The van der Waals surface area contributed by atoms with Gasteiger partial charge in [-0.3, -0.25) is 5.32 Å². The van der Waals surface area contributed by atoms with Gasteiger partial charge in [-0.15, -0.1) is 0 Å². The molecule has 25 heavy (non-hydrogen) atoms. The number of urea groups is 1. The van der Waals surface area contributed by atoms with Crippen molar-refractivity contribution in [1.82, 2.24) is 20.6 Å². The molecular formula is C16H23N5O4. The molecule has 0 spiro atoms. The number of aromatic nitrogens is 3. The molecule has 0 saturated carbocycles. The molecule has 1 aliphatic heterocycles. The van der Waals surface area contributed by atoms with E-state index < -0.39 is 6.03 Å². The largest absolute Gasteiger partial charge is 0.381 e. The van der Waals surface area contributed by atoms with Gasteiger partial charge in [-0.25, -0.2) is 4.79 Å². The maximum atomic E-state index is 12.4. The summed E-state index contributed by atoms with van der Waals surface area (Å²) < 4.78 is 15.7. The lowest BCUT2D eigenvalue weighted by molar-refractivity contribution is 0.0506. The van der Waals surface area contributed by atoms with Gasteiger partial charge in [-0.1, -0.05) is 24.2 Å². The Balaban J connectivity index is 1.75. The van der Waals surface area contributed by atoms with Gasteiger partial charge in [0.1, 0.15) is 12.3 Å². The van der Waals surface area contributed by atoms with Crippen molar-refractivity contribution >= 4 is 11.8 Å². The molecule has 1 saturated heterocycles. The lowest BCUT2D eigenvalue weighted by Gasteiger charge is -2.28. The highest BCUT2D eigenvalue weighted by molar-refractivity contribution is 5.89. The van der Waals surface area contributed by atoms with Crippen LogP contribution in [0, 0.1) is 12.8 Å². The summed E-state index contributed by atoms with van der Waals surface area (Å²) in [5, 5.41) is 13.4. The van der Waals surface area contributed by atoms with Gasteiger partial charge in [0.15, 0.2) is 11.6 Å². The Morgan fingerprint density at radius 1 is 1.28 bits per heavy atom. The van der Waals surface area contributed by atoms with Gasteiger partial charge in [0.25, 0.3) is 0 Å². The monoisotopic (exact) mass is 349 g/mol. The van der Waals surface area contributed by atoms with Crippen LogP contribution in [0.1, 0.15) is 55.9 Å². The van der Waals surface area contributed by atoms with Gasteiger partial charge < -0.3 is 19.1 Å². The average molecular weight is 349 g/mol. The molecule has 2 aromatic rings. The molecule has 1 aliphatic rings. The first-order valence-electron chi connectivity index (χ1n) is 8.44. The summed E-state index contributed by atoms with van der Waals surface area (Å²) in [7, 11) is 0. The molecule has 1 unspecified atom stereocenters. The van der Waals surface area contributed by atoms with Gasteiger partial charge >= 0.3 is 6.03 Å². The zero-order valence-corrected chi connectivity index (χ0v) is 14.6. The highest BCUT2D eigenvalue weighted by Gasteiger charge is 2.32. The normalized spacial score (nSPS) is 16.8. The van der Waals surface area contributed by atoms with Crippen molar-refractivity contribution in [2.24, 2.45) is 5.92 Å². The molecule has 0 aliphatic carbocycles. The Labute approximate surface area is 145 Å². The van der Waals surface area contributed by atoms with Gasteiger partial charge in [0, 0.05) is 24.7 Å². The Bertz CT molecular complexity index is 705. The Morgan fingerprint density at radius 2 is 2.04 bits per heavy atom. The minimum atomic E-state index is -0.391. The fourth-order valence-corrected chi connectivity index (χ4v) is 2.73. The standard InChI is InChI=1S/C16H23N5O4/c1-9(2)13-18-15(25-21-13)12(11-4-6-23-7-5-11)17-16(22)19-14-10(3)8-24-20-14/h8-9,11-12H,4-7H2,1-3H3,(H2,17,19,20,22). The summed E-state index contributed by atoms with van der Waals surface area (Å²) in [6, 6.07) is -0.770. The van der Waals surface area contributed by atoms with Crippen LogP contribution in [0.3, 0.4) is 0 Å². The van der Waals surface area contributed by atoms with Crippen LogP contribution in [0.5, 0.6) is 0 Å². The van der Waals surface area contributed by atoms with Crippen LogP contribution < -0.4 is 10.6 Å². The molecule has 0 radical (unpaired) electrons. The number of hydrogen-bond donors (Lipinski definition) is 2. The van der Waals surface area contributed by atoms with Crippen molar-refractivity contribution < 1.29 is 18.6 Å². The van der Waals surface area contributed by atoms with E-state index in [1.54, 1.807) is 6.92 Å². The Hall–Kier alpha value is -2.42. The van der Waals surface area contributed by atoms with Gasteiger partial charge in [-0.05, 0) is 25.7 Å². The van der Waals surface area contributed by atoms with Gasteiger partial charge in [-0.2, -0.15) is 4.98 Å². The number of amides is 2. The second-order valence-electron chi connectivity index (χ2n) is 6.52. The number of anilines is 1. The molecule has 1 atom stereocenters. The fourth-order valence-electron chi connectivity index (χ4n) is 2.73. The average Bonchev–Trinajstić information content (AvgIpc) is 3.23. The first-order valence-corrected chi connectivity index (χ1v) is 8.44. The molecule has 0 aromatic carbocycles. The second kappa shape index (κ2) is 7.64. The van der Waals surface area contributed by atoms with Crippen LogP contribution in [0.15, 0.2) is 15.3 Å². The number of nitrogens with zero attached hydrogens (tertiary/aromatic N) is 3. The fraction of sp³-hybridized carbons (Fsp3) is 0.625. The van der Waals surface area contributed by atoms with Crippen LogP contribution in [-0.2, 0) is 4.74 Å². The molecule has 136 valence electrons. The first kappa shape index (κ1) is 17.4. The predicted octanol–water partition coefficient (Wildman–Crippen LogP) is 2.78. The lowest BCUT2D eigenvalue weighted by atomic mass is 9.91. The number of carbonyl (C=O) groups is 1. The molecule has 0 bridgehead atoms. The molecule has 1 fully saturated rings. The van der Waals surface area contributed by atoms with E-state index in [9.17, 15) is 4.79 Å². The minimum absolute atomic E-state index is 0.152. The highest BCUT2D eigenvalue weighted by atomic mass is 16.5. The summed E-state index contributed by atoms with van der Waals surface area (Å²) >= 11 is 0. The molecule has 9 nitrogen and oxygen atoms in total. The zero-order valence-electron chi connectivity index (χ0n) is 14.6. The van der Waals surface area contributed by atoms with Crippen LogP contribution in [0.25, 0.3) is 0 Å². The smallest absolute Gasteiger partial charge is 0.321 e. The van der Waals surface area contributed by atoms with Crippen molar-refractivity contribution in [1.29, 1.82) is 0 Å². The third kappa shape index (κ3) is 4.16. The third-order valence-corrected chi connectivity index (χ3v) is 4.24. The van der Waals surface area contributed by atoms with Crippen LogP contribution >= 0.6 is 0 Å². The molecule has 3 rings (SSSR count). The number of carbonyl (C=O) groups excluding carboxylic acids is 1. The number of aryl methyl sites for hydroxylation is 1. The predicted molar refractivity (Wildman–Crippen MR) is 88.1 cm³/mol. The van der Waals surface area contributed by atoms with E-state index in [-0.39, 0.29) is 17.9 Å². The lowest BCUT2D eigenvalue weighted by Crippen LogP contribution is -2.38. The molecule has 2 amide bonds. The maximum absolute atomic E-state index is 12.4. The Morgan fingerprint density at radius 3 is 2.64 bits per heavy atom. The molecule has 2 aromatic heterocycles. The molecule has 2 N–H and O–H groups in total. The van der Waals surface area contributed by atoms with Gasteiger partial charge in [0.05, 0.1) is 0 Å². The summed E-state index contributed by atoms with van der Waals surface area (Å²) in [5.41, 5.74) is 0.748.